The lowest BCUT2D eigenvalue weighted by Gasteiger charge is -2.51. The zero-order valence-corrected chi connectivity index (χ0v) is 20.6. The second-order valence-electron chi connectivity index (χ2n) is 9.06. The molecule has 0 aromatic carbocycles. The Kier molecular flexibility index (Phi) is 11.4. The predicted octanol–water partition coefficient (Wildman–Crippen LogP) is 3.31. The highest BCUT2D eigenvalue weighted by atomic mass is 19.4. The molecule has 3 rings (SSSR count). The van der Waals surface area contributed by atoms with Crippen molar-refractivity contribution in [3.63, 3.8) is 0 Å². The molecule has 2 aliphatic rings. The number of halogens is 6. The van der Waals surface area contributed by atoms with Gasteiger partial charge in [0.1, 0.15) is 11.3 Å². The van der Waals surface area contributed by atoms with Crippen LogP contribution in [0.2, 0.25) is 0 Å². The summed E-state index contributed by atoms with van der Waals surface area (Å²) in [7, 11) is 2.12. The highest BCUT2D eigenvalue weighted by Crippen LogP contribution is 2.33. The second-order valence-corrected chi connectivity index (χ2v) is 9.06. The van der Waals surface area contributed by atoms with Gasteiger partial charge in [0, 0.05) is 32.7 Å². The molecule has 37 heavy (non-hydrogen) atoms. The summed E-state index contributed by atoms with van der Waals surface area (Å²) in [5, 5.41) is 14.2. The number of carboxylic acids is 2. The third-order valence-electron chi connectivity index (χ3n) is 5.83. The highest BCUT2D eigenvalue weighted by molar-refractivity contribution is 5.87. The first kappa shape index (κ1) is 32.2. The topological polar surface area (TPSA) is 115 Å². The molecule has 1 spiro atoms. The Bertz CT molecular complexity index is 856. The van der Waals surface area contributed by atoms with Crippen LogP contribution in [0.4, 0.5) is 26.3 Å². The minimum absolute atomic E-state index is 0.285. The number of nitrogens with zero attached hydrogens (tertiary/aromatic N) is 3. The minimum Gasteiger partial charge on any atom is -0.475 e. The summed E-state index contributed by atoms with van der Waals surface area (Å²) in [6, 6.07) is 3.95. The second kappa shape index (κ2) is 13.1. The molecule has 9 nitrogen and oxygen atoms in total. The van der Waals surface area contributed by atoms with Crippen LogP contribution in [0.25, 0.3) is 0 Å². The fourth-order valence-corrected chi connectivity index (χ4v) is 3.96. The van der Waals surface area contributed by atoms with Crippen molar-refractivity contribution in [2.24, 2.45) is 5.92 Å². The molecule has 0 unspecified atom stereocenters. The predicted molar refractivity (Wildman–Crippen MR) is 117 cm³/mol. The Balaban J connectivity index is 0.000000404. The van der Waals surface area contributed by atoms with Crippen molar-refractivity contribution in [2.45, 2.75) is 51.1 Å². The lowest BCUT2D eigenvalue weighted by atomic mass is 9.82. The van der Waals surface area contributed by atoms with Crippen LogP contribution in [0.5, 0.6) is 0 Å². The van der Waals surface area contributed by atoms with Gasteiger partial charge in [0.15, 0.2) is 0 Å². The quantitative estimate of drug-likeness (QED) is 0.552. The van der Waals surface area contributed by atoms with Gasteiger partial charge in [0.2, 0.25) is 5.91 Å². The SMILES string of the molecule is CC(C)CN1CCN(C)C2(CCN(Cc3ccco3)CC2)C1=O.O=C(O)C(F)(F)F.O=C(O)C(F)(F)F. The summed E-state index contributed by atoms with van der Waals surface area (Å²) >= 11 is 0. The van der Waals surface area contributed by atoms with E-state index in [0.29, 0.717) is 11.8 Å². The number of rotatable bonds is 4. The van der Waals surface area contributed by atoms with E-state index in [-0.39, 0.29) is 5.54 Å². The molecular formula is C22H31F6N3O6. The molecular weight excluding hydrogens is 516 g/mol. The first-order valence-corrected chi connectivity index (χ1v) is 11.3. The molecule has 3 heterocycles. The number of furan rings is 1. The molecule has 212 valence electrons. The van der Waals surface area contributed by atoms with Crippen LogP contribution in [0, 0.1) is 5.92 Å². The lowest BCUT2D eigenvalue weighted by Crippen LogP contribution is -2.67. The number of piperidine rings is 1. The van der Waals surface area contributed by atoms with Crippen LogP contribution in [-0.2, 0) is 20.9 Å². The molecule has 2 fully saturated rings. The average Bonchev–Trinajstić information content (AvgIpc) is 3.28. The number of likely N-dealkylation sites (N-methyl/N-ethyl adjacent to an activating group) is 1. The summed E-state index contributed by atoms with van der Waals surface area (Å²) in [4.78, 5) is 37.7. The van der Waals surface area contributed by atoms with Crippen LogP contribution in [-0.4, -0.2) is 100 Å². The molecule has 15 heteroatoms. The Hall–Kier alpha value is -2.81. The number of carboxylic acid groups (broad SMARTS) is 2. The van der Waals surface area contributed by atoms with E-state index in [2.05, 4.69) is 35.6 Å². The maximum atomic E-state index is 13.1. The van der Waals surface area contributed by atoms with Gasteiger partial charge in [-0.15, -0.1) is 0 Å². The first-order valence-electron chi connectivity index (χ1n) is 11.3. The molecule has 1 aromatic rings. The molecule has 0 radical (unpaired) electrons. The zero-order valence-electron chi connectivity index (χ0n) is 20.6. The Morgan fingerprint density at radius 3 is 1.86 bits per heavy atom. The van der Waals surface area contributed by atoms with Crippen LogP contribution in [0.15, 0.2) is 22.8 Å². The van der Waals surface area contributed by atoms with E-state index in [0.717, 1.165) is 57.9 Å². The van der Waals surface area contributed by atoms with Gasteiger partial charge >= 0.3 is 24.3 Å². The molecule has 0 bridgehead atoms. The normalized spacial score (nSPS) is 18.6. The molecule has 0 aliphatic carbocycles. The largest absolute Gasteiger partial charge is 0.490 e. The van der Waals surface area contributed by atoms with E-state index in [1.54, 1.807) is 6.26 Å². The van der Waals surface area contributed by atoms with Crippen molar-refractivity contribution in [3.8, 4) is 0 Å². The van der Waals surface area contributed by atoms with Crippen molar-refractivity contribution >= 4 is 17.8 Å². The van der Waals surface area contributed by atoms with Gasteiger partial charge in [-0.2, -0.15) is 26.3 Å². The van der Waals surface area contributed by atoms with Gasteiger partial charge in [0.05, 0.1) is 12.8 Å². The van der Waals surface area contributed by atoms with Crippen molar-refractivity contribution < 1.29 is 55.4 Å². The van der Waals surface area contributed by atoms with Crippen LogP contribution >= 0.6 is 0 Å². The lowest BCUT2D eigenvalue weighted by molar-refractivity contribution is -0.193. The van der Waals surface area contributed by atoms with E-state index in [1.165, 1.54) is 0 Å². The third-order valence-corrected chi connectivity index (χ3v) is 5.83. The van der Waals surface area contributed by atoms with Crippen LogP contribution in [0.1, 0.15) is 32.4 Å². The number of hydrogen-bond acceptors (Lipinski definition) is 6. The van der Waals surface area contributed by atoms with Crippen molar-refractivity contribution in [1.29, 1.82) is 0 Å². The summed E-state index contributed by atoms with van der Waals surface area (Å²) in [6.45, 7) is 9.84. The minimum atomic E-state index is -5.08. The van der Waals surface area contributed by atoms with E-state index in [1.807, 2.05) is 12.1 Å². The molecule has 1 aromatic heterocycles. The molecule has 2 aliphatic heterocycles. The van der Waals surface area contributed by atoms with Gasteiger partial charge in [-0.3, -0.25) is 14.6 Å². The van der Waals surface area contributed by atoms with E-state index >= 15 is 0 Å². The monoisotopic (exact) mass is 547 g/mol. The van der Waals surface area contributed by atoms with Gasteiger partial charge < -0.3 is 19.5 Å². The Labute approximate surface area is 209 Å². The van der Waals surface area contributed by atoms with Gasteiger partial charge in [0.25, 0.3) is 0 Å². The van der Waals surface area contributed by atoms with Gasteiger partial charge in [-0.25, -0.2) is 9.59 Å². The van der Waals surface area contributed by atoms with Gasteiger partial charge in [-0.05, 0) is 37.9 Å². The molecule has 0 saturated carbocycles. The Morgan fingerprint density at radius 1 is 1.00 bits per heavy atom. The molecule has 2 N–H and O–H groups in total. The third kappa shape index (κ3) is 9.87. The van der Waals surface area contributed by atoms with Crippen LogP contribution in [0.3, 0.4) is 0 Å². The number of aliphatic carboxylic acids is 2. The number of carbonyl (C=O) groups excluding carboxylic acids is 1. The zero-order chi connectivity index (χ0) is 28.6. The van der Waals surface area contributed by atoms with E-state index < -0.39 is 24.3 Å². The summed E-state index contributed by atoms with van der Waals surface area (Å²) in [5.74, 6) is -3.64. The van der Waals surface area contributed by atoms with E-state index in [4.69, 9.17) is 24.2 Å². The average molecular weight is 547 g/mol. The number of carbonyl (C=O) groups is 3. The molecule has 0 atom stereocenters. The number of amides is 1. The smallest absolute Gasteiger partial charge is 0.475 e. The van der Waals surface area contributed by atoms with E-state index in [9.17, 15) is 31.1 Å². The van der Waals surface area contributed by atoms with Crippen molar-refractivity contribution in [3.05, 3.63) is 24.2 Å². The van der Waals surface area contributed by atoms with Crippen LogP contribution < -0.4 is 0 Å². The Morgan fingerprint density at radius 2 is 1.49 bits per heavy atom. The van der Waals surface area contributed by atoms with Crippen molar-refractivity contribution in [1.82, 2.24) is 14.7 Å². The summed E-state index contributed by atoms with van der Waals surface area (Å²) in [5.41, 5.74) is -0.285. The number of hydrogen-bond donors (Lipinski definition) is 2. The maximum absolute atomic E-state index is 13.1. The fraction of sp³-hybridized carbons (Fsp3) is 0.682. The molecule has 2 saturated heterocycles. The first-order chi connectivity index (χ1) is 16.9. The maximum Gasteiger partial charge on any atom is 0.490 e. The standard InChI is InChI=1S/C18H29N3O2.2C2HF3O2/c1-15(2)13-21-11-10-19(3)18(17(21)22)6-8-20(9-7-18)14-16-5-4-12-23-16;2*3-2(4,5)1(6)7/h4-5,12,15H,6-11,13-14H2,1-3H3;2*(H,6,7). The number of alkyl halides is 6. The number of piperazine rings is 1. The van der Waals surface area contributed by atoms with Gasteiger partial charge in [-0.1, -0.05) is 13.8 Å². The summed E-state index contributed by atoms with van der Waals surface area (Å²) in [6.07, 6.45) is -6.61. The molecule has 1 amide bonds. The number of likely N-dealkylation sites (tertiary alicyclic amines) is 1. The highest BCUT2D eigenvalue weighted by Gasteiger charge is 2.49. The summed E-state index contributed by atoms with van der Waals surface area (Å²) < 4.78 is 68.9. The fourth-order valence-electron chi connectivity index (χ4n) is 3.96. The van der Waals surface area contributed by atoms with Crippen molar-refractivity contribution in [2.75, 3.05) is 39.8 Å².